The molecule has 0 saturated heterocycles. The van der Waals surface area contributed by atoms with Crippen molar-refractivity contribution >= 4 is 27.7 Å². The lowest BCUT2D eigenvalue weighted by molar-refractivity contribution is -0.116. The molecule has 0 radical (unpaired) electrons. The number of hydrogen-bond acceptors (Lipinski definition) is 3. The van der Waals surface area contributed by atoms with Crippen molar-refractivity contribution in [3.63, 3.8) is 0 Å². The van der Waals surface area contributed by atoms with Crippen LogP contribution in [-0.2, 0) is 4.79 Å². The van der Waals surface area contributed by atoms with Crippen LogP contribution in [-0.4, -0.2) is 24.5 Å². The molecule has 1 amide bonds. The SMILES string of the molecule is CNCCC(=O)Nc1ncc(Br)cc1C. The van der Waals surface area contributed by atoms with Gasteiger partial charge in [0.1, 0.15) is 5.82 Å². The van der Waals surface area contributed by atoms with Crippen LogP contribution in [0.2, 0.25) is 0 Å². The fourth-order valence-electron chi connectivity index (χ4n) is 1.10. The lowest BCUT2D eigenvalue weighted by Gasteiger charge is -2.07. The van der Waals surface area contributed by atoms with Crippen molar-refractivity contribution < 1.29 is 4.79 Å². The van der Waals surface area contributed by atoms with Crippen LogP contribution in [0.25, 0.3) is 0 Å². The van der Waals surface area contributed by atoms with Gasteiger partial charge in [-0.2, -0.15) is 0 Å². The van der Waals surface area contributed by atoms with E-state index in [1.54, 1.807) is 6.20 Å². The summed E-state index contributed by atoms with van der Waals surface area (Å²) in [5, 5.41) is 5.68. The molecule has 1 rings (SSSR count). The maximum Gasteiger partial charge on any atom is 0.226 e. The van der Waals surface area contributed by atoms with Crippen LogP contribution in [0.1, 0.15) is 12.0 Å². The maximum absolute atomic E-state index is 11.4. The van der Waals surface area contributed by atoms with Crippen molar-refractivity contribution in [3.05, 3.63) is 22.3 Å². The number of hydrogen-bond donors (Lipinski definition) is 2. The topological polar surface area (TPSA) is 54.0 Å². The Morgan fingerprint density at radius 2 is 2.33 bits per heavy atom. The molecule has 0 spiro atoms. The van der Waals surface area contributed by atoms with E-state index in [0.29, 0.717) is 18.8 Å². The third-order valence-corrected chi connectivity index (χ3v) is 2.34. The van der Waals surface area contributed by atoms with Gasteiger partial charge < -0.3 is 10.6 Å². The van der Waals surface area contributed by atoms with Gasteiger partial charge in [0.2, 0.25) is 5.91 Å². The number of nitrogens with zero attached hydrogens (tertiary/aromatic N) is 1. The molecule has 2 N–H and O–H groups in total. The van der Waals surface area contributed by atoms with E-state index in [-0.39, 0.29) is 5.91 Å². The van der Waals surface area contributed by atoms with Crippen LogP contribution < -0.4 is 10.6 Å². The van der Waals surface area contributed by atoms with Crippen LogP contribution in [0, 0.1) is 6.92 Å². The van der Waals surface area contributed by atoms with E-state index < -0.39 is 0 Å². The van der Waals surface area contributed by atoms with Crippen LogP contribution >= 0.6 is 15.9 Å². The molecule has 0 saturated carbocycles. The average molecular weight is 272 g/mol. The minimum absolute atomic E-state index is 0.0257. The van der Waals surface area contributed by atoms with Crippen molar-refractivity contribution in [2.24, 2.45) is 0 Å². The lowest BCUT2D eigenvalue weighted by atomic mass is 10.3. The Labute approximate surface area is 97.6 Å². The molecule has 0 fully saturated rings. The minimum Gasteiger partial charge on any atom is -0.319 e. The van der Waals surface area contributed by atoms with Gasteiger partial charge in [0.15, 0.2) is 0 Å². The highest BCUT2D eigenvalue weighted by Crippen LogP contribution is 2.16. The summed E-state index contributed by atoms with van der Waals surface area (Å²) in [5.41, 5.74) is 0.946. The summed E-state index contributed by atoms with van der Waals surface area (Å²) in [4.78, 5) is 15.5. The van der Waals surface area contributed by atoms with Crippen LogP contribution in [0.15, 0.2) is 16.7 Å². The Kier molecular flexibility index (Phi) is 4.71. The van der Waals surface area contributed by atoms with E-state index in [9.17, 15) is 4.79 Å². The molecule has 0 aliphatic carbocycles. The Morgan fingerprint density at radius 1 is 1.60 bits per heavy atom. The number of carbonyl (C=O) groups is 1. The van der Waals surface area contributed by atoms with Crippen LogP contribution in [0.5, 0.6) is 0 Å². The van der Waals surface area contributed by atoms with E-state index in [1.165, 1.54) is 0 Å². The molecule has 0 unspecified atom stereocenters. The van der Waals surface area contributed by atoms with Crippen molar-refractivity contribution in [2.45, 2.75) is 13.3 Å². The number of aromatic nitrogens is 1. The van der Waals surface area contributed by atoms with Gasteiger partial charge in [-0.1, -0.05) is 0 Å². The minimum atomic E-state index is -0.0257. The number of carbonyl (C=O) groups excluding carboxylic acids is 1. The van der Waals surface area contributed by atoms with Gasteiger partial charge in [-0.25, -0.2) is 4.98 Å². The Morgan fingerprint density at radius 3 is 2.93 bits per heavy atom. The van der Waals surface area contributed by atoms with Crippen molar-refractivity contribution in [1.82, 2.24) is 10.3 Å². The quantitative estimate of drug-likeness (QED) is 0.877. The molecule has 0 bridgehead atoms. The van der Waals surface area contributed by atoms with Crippen molar-refractivity contribution in [3.8, 4) is 0 Å². The standard InChI is InChI=1S/C10H14BrN3O/c1-7-5-8(11)6-13-10(7)14-9(15)3-4-12-2/h5-6,12H,3-4H2,1-2H3,(H,13,14,15). The van der Waals surface area contributed by atoms with Gasteiger partial charge in [-0.3, -0.25) is 4.79 Å². The van der Waals surface area contributed by atoms with Gasteiger partial charge in [-0.15, -0.1) is 0 Å². The molecule has 4 nitrogen and oxygen atoms in total. The first-order valence-corrected chi connectivity index (χ1v) is 5.49. The largest absolute Gasteiger partial charge is 0.319 e. The lowest BCUT2D eigenvalue weighted by Crippen LogP contribution is -2.19. The number of nitrogens with one attached hydrogen (secondary N) is 2. The first-order chi connectivity index (χ1) is 7.13. The first-order valence-electron chi connectivity index (χ1n) is 4.70. The van der Waals surface area contributed by atoms with Gasteiger partial charge in [0, 0.05) is 23.6 Å². The summed E-state index contributed by atoms with van der Waals surface area (Å²) in [5.74, 6) is 0.599. The molecule has 15 heavy (non-hydrogen) atoms. The van der Waals surface area contributed by atoms with E-state index >= 15 is 0 Å². The summed E-state index contributed by atoms with van der Waals surface area (Å²) < 4.78 is 0.910. The fraction of sp³-hybridized carbons (Fsp3) is 0.400. The molecule has 1 heterocycles. The number of anilines is 1. The molecule has 1 aromatic rings. The highest BCUT2D eigenvalue weighted by atomic mass is 79.9. The number of pyridine rings is 1. The second kappa shape index (κ2) is 5.82. The Hall–Kier alpha value is -0.940. The maximum atomic E-state index is 11.4. The zero-order valence-electron chi connectivity index (χ0n) is 8.80. The summed E-state index contributed by atoms with van der Waals surface area (Å²) in [7, 11) is 1.82. The van der Waals surface area contributed by atoms with E-state index in [1.807, 2.05) is 20.0 Å². The predicted octanol–water partition coefficient (Wildman–Crippen LogP) is 1.70. The normalized spacial score (nSPS) is 10.1. The Balaban J connectivity index is 2.60. The second-order valence-electron chi connectivity index (χ2n) is 3.22. The monoisotopic (exact) mass is 271 g/mol. The van der Waals surface area contributed by atoms with E-state index in [0.717, 1.165) is 10.0 Å². The number of aryl methyl sites for hydroxylation is 1. The molecular formula is C10H14BrN3O. The number of amides is 1. The predicted molar refractivity (Wildman–Crippen MR) is 63.8 cm³/mol. The highest BCUT2D eigenvalue weighted by molar-refractivity contribution is 9.10. The third kappa shape index (κ3) is 3.97. The molecule has 0 atom stereocenters. The van der Waals surface area contributed by atoms with Crippen LogP contribution in [0.3, 0.4) is 0 Å². The molecule has 0 aliphatic rings. The third-order valence-electron chi connectivity index (χ3n) is 1.90. The van der Waals surface area contributed by atoms with Gasteiger partial charge in [-0.05, 0) is 41.5 Å². The van der Waals surface area contributed by atoms with Crippen molar-refractivity contribution in [1.29, 1.82) is 0 Å². The molecule has 0 aliphatic heterocycles. The van der Waals surface area contributed by atoms with Gasteiger partial charge in [0.05, 0.1) is 0 Å². The molecule has 0 aromatic carbocycles. The molecular weight excluding hydrogens is 258 g/mol. The summed E-state index contributed by atoms with van der Waals surface area (Å²) in [6, 6.07) is 1.92. The zero-order chi connectivity index (χ0) is 11.3. The summed E-state index contributed by atoms with van der Waals surface area (Å²) in [6.45, 7) is 2.58. The van der Waals surface area contributed by atoms with E-state index in [4.69, 9.17) is 0 Å². The molecule has 1 aromatic heterocycles. The average Bonchev–Trinajstić information content (AvgIpc) is 2.19. The van der Waals surface area contributed by atoms with E-state index in [2.05, 4.69) is 31.5 Å². The van der Waals surface area contributed by atoms with Crippen molar-refractivity contribution in [2.75, 3.05) is 18.9 Å². The molecule has 5 heteroatoms. The fourth-order valence-corrected chi connectivity index (χ4v) is 1.55. The summed E-state index contributed by atoms with van der Waals surface area (Å²) >= 11 is 3.32. The van der Waals surface area contributed by atoms with Crippen LogP contribution in [0.4, 0.5) is 5.82 Å². The van der Waals surface area contributed by atoms with Gasteiger partial charge >= 0.3 is 0 Å². The number of rotatable bonds is 4. The highest BCUT2D eigenvalue weighted by Gasteiger charge is 2.05. The zero-order valence-corrected chi connectivity index (χ0v) is 10.4. The smallest absolute Gasteiger partial charge is 0.226 e. The number of halogens is 1. The first kappa shape index (κ1) is 12.1. The second-order valence-corrected chi connectivity index (χ2v) is 4.14. The molecule has 82 valence electrons. The van der Waals surface area contributed by atoms with Gasteiger partial charge in [0.25, 0.3) is 0 Å². The Bertz CT molecular complexity index is 355. The summed E-state index contributed by atoms with van der Waals surface area (Å²) in [6.07, 6.45) is 2.12.